The summed E-state index contributed by atoms with van der Waals surface area (Å²) in [5.74, 6) is -0.766. The van der Waals surface area contributed by atoms with Crippen molar-refractivity contribution in [1.82, 2.24) is 4.90 Å². The van der Waals surface area contributed by atoms with E-state index in [1.807, 2.05) is 0 Å². The molecule has 22 heavy (non-hydrogen) atoms. The Hall–Kier alpha value is -2.57. The average Bonchev–Trinajstić information content (AvgIpc) is 2.91. The number of hydrogen-bond acceptors (Lipinski definition) is 5. The number of hydrogen-bond donors (Lipinski definition) is 1. The Morgan fingerprint density at radius 2 is 2.14 bits per heavy atom. The molecule has 0 atom stereocenters. The third-order valence-corrected chi connectivity index (χ3v) is 3.15. The molecule has 1 aromatic rings. The molecule has 1 saturated heterocycles. The van der Waals surface area contributed by atoms with Gasteiger partial charge in [-0.1, -0.05) is 12.1 Å². The van der Waals surface area contributed by atoms with Gasteiger partial charge in [0, 0.05) is 13.0 Å². The number of benzene rings is 1. The van der Waals surface area contributed by atoms with Crippen molar-refractivity contribution in [1.29, 1.82) is 0 Å². The standard InChI is InChI=1S/C15H18N2O5/c1-2-21-14(19)11-5-3-4-6-12(11)16-13(18)7-8-17-9-10-22-15(17)20/h3-6H,2,7-10H2,1H3,(H,16,18). The van der Waals surface area contributed by atoms with Crippen molar-refractivity contribution in [3.8, 4) is 0 Å². The maximum Gasteiger partial charge on any atom is 0.409 e. The van der Waals surface area contributed by atoms with Gasteiger partial charge < -0.3 is 19.7 Å². The summed E-state index contributed by atoms with van der Waals surface area (Å²) in [6.07, 6.45) is -0.272. The first-order chi connectivity index (χ1) is 10.6. The van der Waals surface area contributed by atoms with E-state index in [2.05, 4.69) is 5.32 Å². The van der Waals surface area contributed by atoms with Crippen LogP contribution in [0.3, 0.4) is 0 Å². The molecule has 0 spiro atoms. The second-order valence-corrected chi connectivity index (χ2v) is 4.67. The Morgan fingerprint density at radius 1 is 1.36 bits per heavy atom. The maximum atomic E-state index is 12.0. The molecule has 1 aliphatic heterocycles. The smallest absolute Gasteiger partial charge is 0.409 e. The highest BCUT2D eigenvalue weighted by molar-refractivity contribution is 6.01. The van der Waals surface area contributed by atoms with Crippen LogP contribution < -0.4 is 5.32 Å². The molecule has 0 radical (unpaired) electrons. The fraction of sp³-hybridized carbons (Fsp3) is 0.400. The van der Waals surface area contributed by atoms with Gasteiger partial charge in [0.1, 0.15) is 6.61 Å². The minimum absolute atomic E-state index is 0.131. The lowest BCUT2D eigenvalue weighted by atomic mass is 10.1. The molecule has 0 unspecified atom stereocenters. The summed E-state index contributed by atoms with van der Waals surface area (Å²) >= 11 is 0. The van der Waals surface area contributed by atoms with Crippen molar-refractivity contribution in [3.63, 3.8) is 0 Å². The molecule has 2 amide bonds. The van der Waals surface area contributed by atoms with E-state index in [9.17, 15) is 14.4 Å². The van der Waals surface area contributed by atoms with Crippen molar-refractivity contribution in [3.05, 3.63) is 29.8 Å². The van der Waals surface area contributed by atoms with Gasteiger partial charge in [-0.3, -0.25) is 4.79 Å². The number of para-hydroxylation sites is 1. The summed E-state index contributed by atoms with van der Waals surface area (Å²) < 4.78 is 9.73. The van der Waals surface area contributed by atoms with Crippen LogP contribution in [0.2, 0.25) is 0 Å². The molecule has 1 N–H and O–H groups in total. The minimum atomic E-state index is -0.485. The average molecular weight is 306 g/mol. The van der Waals surface area contributed by atoms with Crippen molar-refractivity contribution in [2.45, 2.75) is 13.3 Å². The van der Waals surface area contributed by atoms with Gasteiger partial charge in [-0.15, -0.1) is 0 Å². The third kappa shape index (κ3) is 3.97. The zero-order valence-electron chi connectivity index (χ0n) is 12.3. The largest absolute Gasteiger partial charge is 0.462 e. The van der Waals surface area contributed by atoms with Gasteiger partial charge in [0.25, 0.3) is 0 Å². The highest BCUT2D eigenvalue weighted by Crippen LogP contribution is 2.16. The second-order valence-electron chi connectivity index (χ2n) is 4.67. The first-order valence-electron chi connectivity index (χ1n) is 7.09. The van der Waals surface area contributed by atoms with Crippen molar-refractivity contribution in [2.24, 2.45) is 0 Å². The first-order valence-corrected chi connectivity index (χ1v) is 7.09. The highest BCUT2D eigenvalue weighted by atomic mass is 16.6. The van der Waals surface area contributed by atoms with Crippen LogP contribution in [0.1, 0.15) is 23.7 Å². The molecule has 1 aliphatic rings. The predicted octanol–water partition coefficient (Wildman–Crippen LogP) is 1.64. The van der Waals surface area contributed by atoms with Crippen LogP contribution in [-0.4, -0.2) is 49.2 Å². The van der Waals surface area contributed by atoms with Crippen LogP contribution >= 0.6 is 0 Å². The fourth-order valence-electron chi connectivity index (χ4n) is 2.06. The number of amides is 2. The zero-order chi connectivity index (χ0) is 15.9. The highest BCUT2D eigenvalue weighted by Gasteiger charge is 2.22. The number of ether oxygens (including phenoxy) is 2. The lowest BCUT2D eigenvalue weighted by Gasteiger charge is -2.13. The summed E-state index contributed by atoms with van der Waals surface area (Å²) in [7, 11) is 0. The summed E-state index contributed by atoms with van der Waals surface area (Å²) in [5.41, 5.74) is 0.702. The molecule has 7 heteroatoms. The van der Waals surface area contributed by atoms with E-state index in [1.165, 1.54) is 4.90 Å². The van der Waals surface area contributed by atoms with Gasteiger partial charge in [0.15, 0.2) is 0 Å². The van der Waals surface area contributed by atoms with Crippen molar-refractivity contribution >= 4 is 23.7 Å². The number of carbonyl (C=O) groups excluding carboxylic acids is 3. The lowest BCUT2D eigenvalue weighted by molar-refractivity contribution is -0.116. The quantitative estimate of drug-likeness (QED) is 0.808. The molecule has 118 valence electrons. The number of nitrogens with one attached hydrogen (secondary N) is 1. The topological polar surface area (TPSA) is 84.9 Å². The number of cyclic esters (lactones) is 1. The molecule has 1 fully saturated rings. The number of esters is 1. The molecular formula is C15H18N2O5. The van der Waals surface area contributed by atoms with E-state index >= 15 is 0 Å². The van der Waals surface area contributed by atoms with Gasteiger partial charge in [0.05, 0.1) is 24.4 Å². The summed E-state index contributed by atoms with van der Waals surface area (Å²) in [5, 5.41) is 2.67. The Balaban J connectivity index is 1.93. The normalized spacial score (nSPS) is 13.7. The van der Waals surface area contributed by atoms with E-state index < -0.39 is 12.1 Å². The van der Waals surface area contributed by atoms with E-state index in [0.29, 0.717) is 24.4 Å². The van der Waals surface area contributed by atoms with Crippen LogP contribution in [0.15, 0.2) is 24.3 Å². The minimum Gasteiger partial charge on any atom is -0.462 e. The van der Waals surface area contributed by atoms with Crippen LogP contribution in [0.5, 0.6) is 0 Å². The van der Waals surface area contributed by atoms with Crippen molar-refractivity contribution < 1.29 is 23.9 Å². The zero-order valence-corrected chi connectivity index (χ0v) is 12.3. The molecule has 0 aromatic heterocycles. The Bertz CT molecular complexity index is 573. The van der Waals surface area contributed by atoms with E-state index in [1.54, 1.807) is 31.2 Å². The number of rotatable bonds is 6. The lowest BCUT2D eigenvalue weighted by Crippen LogP contribution is -2.28. The van der Waals surface area contributed by atoms with Crippen molar-refractivity contribution in [2.75, 3.05) is 31.6 Å². The molecule has 0 aliphatic carbocycles. The number of anilines is 1. The van der Waals surface area contributed by atoms with Crippen LogP contribution in [0.4, 0.5) is 10.5 Å². The number of nitrogens with zero attached hydrogens (tertiary/aromatic N) is 1. The second kappa shape index (κ2) is 7.44. The summed E-state index contributed by atoms with van der Waals surface area (Å²) in [6, 6.07) is 6.64. The Labute approximate surface area is 128 Å². The fourth-order valence-corrected chi connectivity index (χ4v) is 2.06. The first kappa shape index (κ1) is 15.8. The van der Waals surface area contributed by atoms with Gasteiger partial charge in [0.2, 0.25) is 5.91 Å². The maximum absolute atomic E-state index is 12.0. The monoisotopic (exact) mass is 306 g/mol. The Morgan fingerprint density at radius 3 is 2.82 bits per heavy atom. The SMILES string of the molecule is CCOC(=O)c1ccccc1NC(=O)CCN1CCOC1=O. The van der Waals surface area contributed by atoms with Gasteiger partial charge in [-0.25, -0.2) is 9.59 Å². The van der Waals surface area contributed by atoms with E-state index in [-0.39, 0.29) is 25.5 Å². The molecular weight excluding hydrogens is 288 g/mol. The molecule has 2 rings (SSSR count). The van der Waals surface area contributed by atoms with Gasteiger partial charge in [-0.05, 0) is 19.1 Å². The summed E-state index contributed by atoms with van der Waals surface area (Å²) in [6.45, 7) is 3.11. The third-order valence-electron chi connectivity index (χ3n) is 3.15. The molecule has 1 aromatic carbocycles. The molecule has 0 saturated carbocycles. The number of carbonyl (C=O) groups is 3. The molecule has 7 nitrogen and oxygen atoms in total. The van der Waals surface area contributed by atoms with Crippen LogP contribution in [0.25, 0.3) is 0 Å². The van der Waals surface area contributed by atoms with Gasteiger partial charge >= 0.3 is 12.1 Å². The molecule has 1 heterocycles. The molecule has 0 bridgehead atoms. The van der Waals surface area contributed by atoms with Crippen LogP contribution in [0, 0.1) is 0 Å². The predicted molar refractivity (Wildman–Crippen MR) is 78.6 cm³/mol. The van der Waals surface area contributed by atoms with Gasteiger partial charge in [-0.2, -0.15) is 0 Å². The Kier molecular flexibility index (Phi) is 5.35. The summed E-state index contributed by atoms with van der Waals surface area (Å²) in [4.78, 5) is 36.5. The van der Waals surface area contributed by atoms with E-state index in [0.717, 1.165) is 0 Å². The van der Waals surface area contributed by atoms with Crippen LogP contribution in [-0.2, 0) is 14.3 Å². The van der Waals surface area contributed by atoms with E-state index in [4.69, 9.17) is 9.47 Å².